The van der Waals surface area contributed by atoms with Crippen molar-refractivity contribution in [1.29, 1.82) is 0 Å². The summed E-state index contributed by atoms with van der Waals surface area (Å²) in [5.41, 5.74) is 0.804. The molecule has 0 aliphatic heterocycles. The first-order chi connectivity index (χ1) is 13.3. The van der Waals surface area contributed by atoms with Crippen molar-refractivity contribution in [2.75, 3.05) is 11.6 Å². The van der Waals surface area contributed by atoms with Gasteiger partial charge in [0, 0.05) is 22.6 Å². The molecule has 0 aromatic heterocycles. The molecule has 0 bridgehead atoms. The maximum atomic E-state index is 13.8. The Morgan fingerprint density at radius 3 is 2.46 bits per heavy atom. The fraction of sp³-hybridized carbons (Fsp3) is 0.200. The van der Waals surface area contributed by atoms with Gasteiger partial charge in [0.05, 0.1) is 0 Å². The van der Waals surface area contributed by atoms with Gasteiger partial charge in [-0.05, 0) is 48.2 Å². The Morgan fingerprint density at radius 1 is 1.21 bits per heavy atom. The molecular formula is C20H20FNO5S. The lowest BCUT2D eigenvalue weighted by Crippen LogP contribution is -2.21. The highest BCUT2D eigenvalue weighted by Gasteiger charge is 2.23. The van der Waals surface area contributed by atoms with Gasteiger partial charge in [-0.3, -0.25) is 5.32 Å². The first-order valence-electron chi connectivity index (χ1n) is 8.31. The second-order valence-corrected chi connectivity index (χ2v) is 6.83. The number of aromatic hydroxyl groups is 1. The number of carbonyl (C=O) groups excluding carboxylic acids is 1. The van der Waals surface area contributed by atoms with Crippen LogP contribution < -0.4 is 5.32 Å². The number of aliphatic carboxylic acids is 1. The number of nitrogens with one attached hydrogen (secondary N) is 1. The van der Waals surface area contributed by atoms with Crippen molar-refractivity contribution < 1.29 is 28.9 Å². The van der Waals surface area contributed by atoms with Crippen LogP contribution in [-0.4, -0.2) is 28.5 Å². The van der Waals surface area contributed by atoms with E-state index >= 15 is 0 Å². The molecule has 1 amide bonds. The minimum Gasteiger partial charge on any atom is -0.505 e. The summed E-state index contributed by atoms with van der Waals surface area (Å²) in [6, 6.07) is 10.7. The van der Waals surface area contributed by atoms with E-state index in [9.17, 15) is 19.1 Å². The molecule has 0 unspecified atom stereocenters. The minimum absolute atomic E-state index is 0.283. The van der Waals surface area contributed by atoms with Crippen molar-refractivity contribution in [3.05, 3.63) is 66.0 Å². The maximum Gasteiger partial charge on any atom is 0.412 e. The van der Waals surface area contributed by atoms with Gasteiger partial charge in [0.15, 0.2) is 11.6 Å². The third-order valence-electron chi connectivity index (χ3n) is 3.89. The average molecular weight is 405 g/mol. The molecule has 0 heterocycles. The number of thioether (sulfide) groups is 1. The second-order valence-electron chi connectivity index (χ2n) is 5.95. The number of carbonyl (C=O) groups is 2. The summed E-state index contributed by atoms with van der Waals surface area (Å²) in [4.78, 5) is 24.1. The Labute approximate surface area is 166 Å². The van der Waals surface area contributed by atoms with Crippen molar-refractivity contribution in [1.82, 2.24) is 0 Å². The lowest BCUT2D eigenvalue weighted by atomic mass is 9.96. The average Bonchev–Trinajstić information content (AvgIpc) is 2.67. The second kappa shape index (κ2) is 9.80. The van der Waals surface area contributed by atoms with E-state index < -0.39 is 35.7 Å². The van der Waals surface area contributed by atoms with Gasteiger partial charge in [-0.15, -0.1) is 11.8 Å². The highest BCUT2D eigenvalue weighted by Crippen LogP contribution is 2.30. The van der Waals surface area contributed by atoms with Gasteiger partial charge in [-0.1, -0.05) is 19.1 Å². The molecule has 148 valence electrons. The van der Waals surface area contributed by atoms with Gasteiger partial charge in [0.25, 0.3) is 0 Å². The zero-order valence-electron chi connectivity index (χ0n) is 15.3. The van der Waals surface area contributed by atoms with Gasteiger partial charge in [-0.2, -0.15) is 0 Å². The molecule has 0 radical (unpaired) electrons. The van der Waals surface area contributed by atoms with Crippen LogP contribution in [0, 0.1) is 11.7 Å². The van der Waals surface area contributed by atoms with Crippen LogP contribution in [0.15, 0.2) is 59.5 Å². The van der Waals surface area contributed by atoms with Crippen molar-refractivity contribution in [2.24, 2.45) is 5.92 Å². The quantitative estimate of drug-likeness (QED) is 0.451. The molecule has 0 saturated heterocycles. The molecule has 0 aliphatic rings. The van der Waals surface area contributed by atoms with Gasteiger partial charge < -0.3 is 14.9 Å². The van der Waals surface area contributed by atoms with E-state index in [0.717, 1.165) is 23.1 Å². The van der Waals surface area contributed by atoms with Crippen LogP contribution in [0.5, 0.6) is 5.75 Å². The number of ether oxygens (including phenoxy) is 1. The topological polar surface area (TPSA) is 95.9 Å². The van der Waals surface area contributed by atoms with E-state index in [1.807, 2.05) is 18.4 Å². The Morgan fingerprint density at radius 2 is 1.89 bits per heavy atom. The Kier molecular flexibility index (Phi) is 7.45. The van der Waals surface area contributed by atoms with Crippen LogP contribution in [0.25, 0.3) is 0 Å². The number of phenolic OH excluding ortho intramolecular Hbond substituents is 1. The van der Waals surface area contributed by atoms with Crippen LogP contribution in [0.2, 0.25) is 0 Å². The normalized spacial score (nSPS) is 13.1. The Bertz CT molecular complexity index is 869. The number of hydrogen-bond acceptors (Lipinski definition) is 5. The smallest absolute Gasteiger partial charge is 0.412 e. The fourth-order valence-corrected chi connectivity index (χ4v) is 2.86. The first-order valence-corrected chi connectivity index (χ1v) is 9.54. The third-order valence-corrected chi connectivity index (χ3v) is 4.63. The van der Waals surface area contributed by atoms with Crippen molar-refractivity contribution in [3.63, 3.8) is 0 Å². The molecular weight excluding hydrogens is 385 g/mol. The number of halogens is 1. The van der Waals surface area contributed by atoms with Gasteiger partial charge in [0.2, 0.25) is 0 Å². The fourth-order valence-electron chi connectivity index (χ4n) is 2.45. The molecule has 28 heavy (non-hydrogen) atoms. The molecule has 6 nitrogen and oxygen atoms in total. The maximum absolute atomic E-state index is 13.8. The van der Waals surface area contributed by atoms with E-state index in [0.29, 0.717) is 5.69 Å². The van der Waals surface area contributed by atoms with Gasteiger partial charge in [0.1, 0.15) is 6.10 Å². The van der Waals surface area contributed by atoms with Crippen LogP contribution in [0.3, 0.4) is 0 Å². The summed E-state index contributed by atoms with van der Waals surface area (Å²) in [7, 11) is 0. The summed E-state index contributed by atoms with van der Waals surface area (Å²) < 4.78 is 19.2. The first kappa shape index (κ1) is 21.3. The molecule has 2 aromatic carbocycles. The largest absolute Gasteiger partial charge is 0.505 e. The van der Waals surface area contributed by atoms with E-state index in [4.69, 9.17) is 9.84 Å². The molecule has 0 fully saturated rings. The van der Waals surface area contributed by atoms with Gasteiger partial charge >= 0.3 is 12.1 Å². The summed E-state index contributed by atoms with van der Waals surface area (Å²) in [5, 5.41) is 20.8. The molecule has 2 atom stereocenters. The number of phenols is 1. The lowest BCUT2D eigenvalue weighted by Gasteiger charge is -2.23. The van der Waals surface area contributed by atoms with Crippen molar-refractivity contribution in [2.45, 2.75) is 17.9 Å². The molecule has 0 aliphatic carbocycles. The number of rotatable bonds is 7. The number of carboxylic acids is 1. The van der Waals surface area contributed by atoms with E-state index in [1.165, 1.54) is 12.1 Å². The lowest BCUT2D eigenvalue weighted by molar-refractivity contribution is -0.131. The molecule has 8 heteroatoms. The molecule has 2 aromatic rings. The van der Waals surface area contributed by atoms with Crippen LogP contribution >= 0.6 is 11.8 Å². The number of anilines is 1. The van der Waals surface area contributed by atoms with Crippen molar-refractivity contribution in [3.8, 4) is 5.75 Å². The summed E-state index contributed by atoms with van der Waals surface area (Å²) in [6.45, 7) is 1.63. The summed E-state index contributed by atoms with van der Waals surface area (Å²) in [6.07, 6.45) is 2.47. The predicted molar refractivity (Wildman–Crippen MR) is 105 cm³/mol. The van der Waals surface area contributed by atoms with E-state index in [1.54, 1.807) is 30.8 Å². The zero-order valence-corrected chi connectivity index (χ0v) is 16.1. The Hall–Kier alpha value is -3.00. The van der Waals surface area contributed by atoms with Crippen LogP contribution in [-0.2, 0) is 9.53 Å². The molecule has 0 spiro atoms. The van der Waals surface area contributed by atoms with Crippen LogP contribution in [0.1, 0.15) is 18.6 Å². The highest BCUT2D eigenvalue weighted by atomic mass is 32.2. The van der Waals surface area contributed by atoms with Crippen molar-refractivity contribution >= 4 is 29.5 Å². The summed E-state index contributed by atoms with van der Waals surface area (Å²) in [5.74, 6) is -3.12. The SMILES string of the molecule is CSc1ccc(NC(=O)O[C@H](c2ccc(O)c(F)c2)[C@H](C)/C=C/C(=O)O)cc1. The summed E-state index contributed by atoms with van der Waals surface area (Å²) >= 11 is 1.56. The standard InChI is InChI=1S/C20H20FNO5S/c1-12(3-10-18(24)25)19(13-4-9-17(23)16(21)11-13)27-20(26)22-14-5-7-15(28-2)8-6-14/h3-12,19,23H,1-2H3,(H,22,26)(H,24,25)/b10-3+/t12-,19+/m1/s1. The number of benzene rings is 2. The monoisotopic (exact) mass is 405 g/mol. The van der Waals surface area contributed by atoms with E-state index in [2.05, 4.69) is 5.32 Å². The van der Waals surface area contributed by atoms with Gasteiger partial charge in [-0.25, -0.2) is 14.0 Å². The number of hydrogen-bond donors (Lipinski definition) is 3. The third kappa shape index (κ3) is 6.02. The van der Waals surface area contributed by atoms with E-state index in [-0.39, 0.29) is 5.56 Å². The van der Waals surface area contributed by atoms with Crippen LogP contribution in [0.4, 0.5) is 14.9 Å². The molecule has 0 saturated carbocycles. The Balaban J connectivity index is 2.20. The molecule has 3 N–H and O–H groups in total. The number of carboxylic acid groups (broad SMARTS) is 1. The predicted octanol–water partition coefficient (Wildman–Crippen LogP) is 4.82. The number of amides is 1. The zero-order chi connectivity index (χ0) is 20.7. The molecule has 2 rings (SSSR count). The minimum atomic E-state index is -1.15. The highest BCUT2D eigenvalue weighted by molar-refractivity contribution is 7.98.